The Labute approximate surface area is 125 Å². The molecule has 0 saturated heterocycles. The minimum atomic E-state index is -0.666. The van der Waals surface area contributed by atoms with Gasteiger partial charge >= 0.3 is 5.97 Å². The Morgan fingerprint density at radius 2 is 2.10 bits per heavy atom. The molecule has 0 amide bonds. The van der Waals surface area contributed by atoms with E-state index >= 15 is 0 Å². The fourth-order valence-corrected chi connectivity index (χ4v) is 2.09. The number of carbonyl (C=O) groups is 1. The molecule has 0 fully saturated rings. The van der Waals surface area contributed by atoms with Gasteiger partial charge in [-0.1, -0.05) is 0 Å². The molecule has 1 rings (SSSR count). The van der Waals surface area contributed by atoms with E-state index in [1.54, 1.807) is 13.1 Å². The van der Waals surface area contributed by atoms with Gasteiger partial charge in [0.1, 0.15) is 17.1 Å². The molecule has 21 heavy (non-hydrogen) atoms. The number of unbranched alkanes of at least 4 members (excludes halogenated alkanes) is 1. The van der Waals surface area contributed by atoms with E-state index in [1.165, 1.54) is 19.2 Å². The van der Waals surface area contributed by atoms with Crippen molar-refractivity contribution >= 4 is 5.97 Å². The van der Waals surface area contributed by atoms with Crippen molar-refractivity contribution in [1.29, 1.82) is 0 Å². The van der Waals surface area contributed by atoms with Crippen molar-refractivity contribution in [2.75, 3.05) is 20.8 Å². The third-order valence-corrected chi connectivity index (χ3v) is 3.65. The van der Waals surface area contributed by atoms with E-state index in [2.05, 4.69) is 5.32 Å². The van der Waals surface area contributed by atoms with Gasteiger partial charge in [-0.25, -0.2) is 4.39 Å². The van der Waals surface area contributed by atoms with E-state index in [0.717, 1.165) is 18.4 Å². The fraction of sp³-hybridized carbons (Fsp3) is 0.562. The van der Waals surface area contributed by atoms with Crippen molar-refractivity contribution in [2.24, 2.45) is 0 Å². The molecule has 1 aromatic carbocycles. The van der Waals surface area contributed by atoms with Crippen LogP contribution in [0.25, 0.3) is 0 Å². The third-order valence-electron chi connectivity index (χ3n) is 3.65. The van der Waals surface area contributed by atoms with Crippen molar-refractivity contribution in [3.63, 3.8) is 0 Å². The summed E-state index contributed by atoms with van der Waals surface area (Å²) >= 11 is 0. The van der Waals surface area contributed by atoms with Crippen molar-refractivity contribution in [1.82, 2.24) is 5.32 Å². The number of nitrogens with one attached hydrogen (secondary N) is 1. The smallest absolute Gasteiger partial charge is 0.325 e. The first kappa shape index (κ1) is 17.4. The van der Waals surface area contributed by atoms with Gasteiger partial charge in [-0.05, 0) is 63.9 Å². The minimum Gasteiger partial charge on any atom is -0.493 e. The average molecular weight is 297 g/mol. The molecule has 1 N–H and O–H groups in total. The quantitative estimate of drug-likeness (QED) is 0.592. The maximum atomic E-state index is 13.0. The second-order valence-corrected chi connectivity index (χ2v) is 5.29. The number of hydrogen-bond donors (Lipinski definition) is 1. The van der Waals surface area contributed by atoms with Crippen LogP contribution < -0.4 is 10.1 Å². The molecule has 1 unspecified atom stereocenters. The molecule has 1 atom stereocenters. The summed E-state index contributed by atoms with van der Waals surface area (Å²) in [5.74, 6) is 0.170. The zero-order valence-corrected chi connectivity index (χ0v) is 13.2. The molecular formula is C16H24FNO3. The molecule has 1 aromatic rings. The highest BCUT2D eigenvalue weighted by Gasteiger charge is 2.31. The molecule has 0 radical (unpaired) electrons. The monoisotopic (exact) mass is 297 g/mol. The summed E-state index contributed by atoms with van der Waals surface area (Å²) < 4.78 is 23.4. The van der Waals surface area contributed by atoms with E-state index in [0.29, 0.717) is 18.8 Å². The Hall–Kier alpha value is -1.62. The van der Waals surface area contributed by atoms with Crippen LogP contribution in [0, 0.1) is 12.7 Å². The number of methoxy groups -OCH3 is 1. The summed E-state index contributed by atoms with van der Waals surface area (Å²) in [5.41, 5.74) is 0.116. The summed E-state index contributed by atoms with van der Waals surface area (Å²) in [5, 5.41) is 3.00. The van der Waals surface area contributed by atoms with Crippen LogP contribution in [-0.2, 0) is 9.53 Å². The Kier molecular flexibility index (Phi) is 6.62. The Balaban J connectivity index is 2.36. The van der Waals surface area contributed by atoms with Crippen LogP contribution in [-0.4, -0.2) is 32.3 Å². The molecule has 4 nitrogen and oxygen atoms in total. The standard InChI is InChI=1S/C16H24FNO3/c1-12-11-13(17)7-8-14(12)21-10-6-5-9-16(2,18-3)15(19)20-4/h7-8,11,18H,5-6,9-10H2,1-4H3. The number of esters is 1. The number of ether oxygens (including phenoxy) is 2. The van der Waals surface area contributed by atoms with Crippen LogP contribution in [0.2, 0.25) is 0 Å². The first-order chi connectivity index (χ1) is 9.92. The average Bonchev–Trinajstić information content (AvgIpc) is 2.47. The number of likely N-dealkylation sites (N-methyl/N-ethyl adjacent to an activating group) is 1. The van der Waals surface area contributed by atoms with E-state index in [1.807, 2.05) is 13.8 Å². The molecule has 0 heterocycles. The molecule has 0 aliphatic rings. The fourth-order valence-electron chi connectivity index (χ4n) is 2.09. The Morgan fingerprint density at radius 1 is 1.38 bits per heavy atom. The van der Waals surface area contributed by atoms with Crippen LogP contribution in [0.1, 0.15) is 31.7 Å². The van der Waals surface area contributed by atoms with Crippen LogP contribution in [0.4, 0.5) is 4.39 Å². The summed E-state index contributed by atoms with van der Waals surface area (Å²) in [6.45, 7) is 4.17. The number of hydrogen-bond acceptors (Lipinski definition) is 4. The molecule has 0 spiro atoms. The van der Waals surface area contributed by atoms with Crippen LogP contribution >= 0.6 is 0 Å². The minimum absolute atomic E-state index is 0.261. The second kappa shape index (κ2) is 7.98. The first-order valence-corrected chi connectivity index (χ1v) is 7.09. The maximum absolute atomic E-state index is 13.0. The van der Waals surface area contributed by atoms with Crippen molar-refractivity contribution in [3.05, 3.63) is 29.6 Å². The molecule has 0 saturated carbocycles. The number of rotatable bonds is 8. The van der Waals surface area contributed by atoms with Crippen molar-refractivity contribution < 1.29 is 18.7 Å². The summed E-state index contributed by atoms with van der Waals surface area (Å²) in [6.07, 6.45) is 2.31. The lowest BCUT2D eigenvalue weighted by molar-refractivity contribution is -0.148. The van der Waals surface area contributed by atoms with Gasteiger partial charge in [-0.2, -0.15) is 0 Å². The predicted molar refractivity (Wildman–Crippen MR) is 80.0 cm³/mol. The maximum Gasteiger partial charge on any atom is 0.325 e. The molecule has 0 aliphatic heterocycles. The molecule has 0 aromatic heterocycles. The summed E-state index contributed by atoms with van der Waals surface area (Å²) in [7, 11) is 3.13. The Bertz CT molecular complexity index is 479. The topological polar surface area (TPSA) is 47.6 Å². The third kappa shape index (κ3) is 5.01. The van der Waals surface area contributed by atoms with Crippen molar-refractivity contribution in [3.8, 4) is 5.75 Å². The largest absolute Gasteiger partial charge is 0.493 e. The van der Waals surface area contributed by atoms with Gasteiger partial charge in [0.2, 0.25) is 0 Å². The Morgan fingerprint density at radius 3 is 2.67 bits per heavy atom. The summed E-state index contributed by atoms with van der Waals surface area (Å²) in [4.78, 5) is 11.7. The van der Waals surface area contributed by atoms with Gasteiger partial charge in [0.05, 0.1) is 13.7 Å². The van der Waals surface area contributed by atoms with Gasteiger partial charge in [-0.15, -0.1) is 0 Å². The second-order valence-electron chi connectivity index (χ2n) is 5.29. The normalized spacial score (nSPS) is 13.6. The lowest BCUT2D eigenvalue weighted by atomic mass is 9.95. The van der Waals surface area contributed by atoms with E-state index in [9.17, 15) is 9.18 Å². The molecule has 0 aliphatic carbocycles. The molecule has 5 heteroatoms. The van der Waals surface area contributed by atoms with Gasteiger partial charge < -0.3 is 14.8 Å². The van der Waals surface area contributed by atoms with Crippen LogP contribution in [0.5, 0.6) is 5.75 Å². The van der Waals surface area contributed by atoms with Gasteiger partial charge in [0.25, 0.3) is 0 Å². The first-order valence-electron chi connectivity index (χ1n) is 7.09. The van der Waals surface area contributed by atoms with E-state index < -0.39 is 5.54 Å². The lowest BCUT2D eigenvalue weighted by Gasteiger charge is -2.25. The van der Waals surface area contributed by atoms with Gasteiger partial charge in [0.15, 0.2) is 0 Å². The summed E-state index contributed by atoms with van der Waals surface area (Å²) in [6, 6.07) is 4.47. The highest BCUT2D eigenvalue weighted by atomic mass is 19.1. The molecule has 118 valence electrons. The zero-order valence-electron chi connectivity index (χ0n) is 13.2. The number of aryl methyl sites for hydroxylation is 1. The van der Waals surface area contributed by atoms with Crippen LogP contribution in [0.3, 0.4) is 0 Å². The highest BCUT2D eigenvalue weighted by molar-refractivity contribution is 5.80. The van der Waals surface area contributed by atoms with Gasteiger partial charge in [-0.3, -0.25) is 4.79 Å². The number of benzene rings is 1. The van der Waals surface area contributed by atoms with Crippen LogP contribution in [0.15, 0.2) is 18.2 Å². The zero-order chi connectivity index (χ0) is 15.9. The SMILES string of the molecule is CNC(C)(CCCCOc1ccc(F)cc1C)C(=O)OC. The predicted octanol–water partition coefficient (Wildman–Crippen LogP) is 2.83. The van der Waals surface area contributed by atoms with E-state index in [-0.39, 0.29) is 11.8 Å². The van der Waals surface area contributed by atoms with Gasteiger partial charge in [0, 0.05) is 0 Å². The van der Waals surface area contributed by atoms with Crippen molar-refractivity contribution in [2.45, 2.75) is 38.6 Å². The molecule has 0 bridgehead atoms. The number of halogens is 1. The molecular weight excluding hydrogens is 273 g/mol. The lowest BCUT2D eigenvalue weighted by Crippen LogP contribution is -2.48. The number of carbonyl (C=O) groups excluding carboxylic acids is 1. The highest BCUT2D eigenvalue weighted by Crippen LogP contribution is 2.19. The van der Waals surface area contributed by atoms with E-state index in [4.69, 9.17) is 9.47 Å².